The Labute approximate surface area is 82.5 Å². The van der Waals surface area contributed by atoms with Crippen LogP contribution < -0.4 is 10.5 Å². The minimum absolute atomic E-state index is 0.149. The average molecular weight is 195 g/mol. The van der Waals surface area contributed by atoms with Crippen LogP contribution >= 0.6 is 11.8 Å². The molecule has 70 valence electrons. The first kappa shape index (κ1) is 8.91. The molecule has 1 aromatic carbocycles. The second-order valence-electron chi connectivity index (χ2n) is 3.12. The summed E-state index contributed by atoms with van der Waals surface area (Å²) in [4.78, 5) is 1.19. The van der Waals surface area contributed by atoms with Crippen molar-refractivity contribution in [3.05, 3.63) is 23.8 Å². The van der Waals surface area contributed by atoms with E-state index in [0.717, 1.165) is 24.3 Å². The van der Waals surface area contributed by atoms with Crippen LogP contribution in [0.15, 0.2) is 23.1 Å². The van der Waals surface area contributed by atoms with Crippen LogP contribution in [0.1, 0.15) is 18.0 Å². The molecule has 0 fully saturated rings. The van der Waals surface area contributed by atoms with Gasteiger partial charge < -0.3 is 10.5 Å². The van der Waals surface area contributed by atoms with E-state index in [4.69, 9.17) is 10.5 Å². The van der Waals surface area contributed by atoms with Crippen LogP contribution in [0.5, 0.6) is 5.75 Å². The Kier molecular flexibility index (Phi) is 2.47. The summed E-state index contributed by atoms with van der Waals surface area (Å²) in [5.74, 6) is 0.994. The zero-order valence-electron chi connectivity index (χ0n) is 7.62. The van der Waals surface area contributed by atoms with Crippen LogP contribution in [-0.2, 0) is 0 Å². The van der Waals surface area contributed by atoms with Gasteiger partial charge in [-0.05, 0) is 12.3 Å². The number of benzene rings is 1. The molecule has 0 aromatic heterocycles. The molecule has 1 atom stereocenters. The molecule has 1 aromatic rings. The summed E-state index contributed by atoms with van der Waals surface area (Å²) in [6.45, 7) is 0.742. The van der Waals surface area contributed by atoms with Crippen molar-refractivity contribution in [1.29, 1.82) is 0 Å². The van der Waals surface area contributed by atoms with Crippen molar-refractivity contribution in [1.82, 2.24) is 0 Å². The van der Waals surface area contributed by atoms with Crippen molar-refractivity contribution in [2.45, 2.75) is 17.4 Å². The van der Waals surface area contributed by atoms with Gasteiger partial charge in [-0.3, -0.25) is 0 Å². The minimum atomic E-state index is 0.149. The fraction of sp³-hybridized carbons (Fsp3) is 0.400. The largest absolute Gasteiger partial charge is 0.492 e. The summed E-state index contributed by atoms with van der Waals surface area (Å²) < 4.78 is 5.62. The molecule has 0 amide bonds. The van der Waals surface area contributed by atoms with E-state index in [-0.39, 0.29) is 6.04 Å². The number of rotatable bonds is 1. The van der Waals surface area contributed by atoms with Crippen LogP contribution in [0.25, 0.3) is 0 Å². The zero-order chi connectivity index (χ0) is 9.26. The maximum Gasteiger partial charge on any atom is 0.137 e. The fourth-order valence-electron chi connectivity index (χ4n) is 1.58. The monoisotopic (exact) mass is 195 g/mol. The van der Waals surface area contributed by atoms with Crippen LogP contribution in [0.4, 0.5) is 0 Å². The molecule has 1 aliphatic rings. The first-order valence-electron chi connectivity index (χ1n) is 4.38. The van der Waals surface area contributed by atoms with Crippen molar-refractivity contribution >= 4 is 11.8 Å². The molecule has 2 rings (SSSR count). The Hall–Kier alpha value is -0.670. The number of hydrogen-bond donors (Lipinski definition) is 1. The Morgan fingerprint density at radius 3 is 3.15 bits per heavy atom. The fourth-order valence-corrected chi connectivity index (χ4v) is 2.16. The molecule has 3 heteroatoms. The smallest absolute Gasteiger partial charge is 0.137 e. The van der Waals surface area contributed by atoms with Gasteiger partial charge in [-0.1, -0.05) is 12.1 Å². The Balaban J connectivity index is 2.48. The first-order chi connectivity index (χ1) is 6.33. The second kappa shape index (κ2) is 3.60. The van der Waals surface area contributed by atoms with Gasteiger partial charge in [0.1, 0.15) is 5.75 Å². The van der Waals surface area contributed by atoms with Gasteiger partial charge in [0.05, 0.1) is 6.61 Å². The molecule has 2 nitrogen and oxygen atoms in total. The molecule has 0 bridgehead atoms. The highest BCUT2D eigenvalue weighted by Crippen LogP contribution is 2.37. The Morgan fingerprint density at radius 2 is 2.38 bits per heavy atom. The summed E-state index contributed by atoms with van der Waals surface area (Å²) in [6, 6.07) is 6.32. The Morgan fingerprint density at radius 1 is 1.54 bits per heavy atom. The Bertz CT molecular complexity index is 314. The highest BCUT2D eigenvalue weighted by molar-refractivity contribution is 7.98. The molecule has 13 heavy (non-hydrogen) atoms. The second-order valence-corrected chi connectivity index (χ2v) is 3.97. The molecule has 0 spiro atoms. The number of ether oxygens (including phenoxy) is 1. The topological polar surface area (TPSA) is 35.2 Å². The van der Waals surface area contributed by atoms with Gasteiger partial charge in [0.25, 0.3) is 0 Å². The molecule has 0 saturated carbocycles. The normalized spacial score (nSPS) is 20.6. The molecule has 1 aliphatic heterocycles. The molecule has 0 radical (unpaired) electrons. The summed E-state index contributed by atoms with van der Waals surface area (Å²) in [5, 5.41) is 0. The van der Waals surface area contributed by atoms with Gasteiger partial charge in [0, 0.05) is 22.9 Å². The lowest BCUT2D eigenvalue weighted by Crippen LogP contribution is -2.20. The van der Waals surface area contributed by atoms with Crippen molar-refractivity contribution < 1.29 is 4.74 Å². The van der Waals surface area contributed by atoms with Crippen LogP contribution in [0.2, 0.25) is 0 Å². The predicted octanol–water partition coefficient (Wildman–Crippen LogP) is 2.19. The minimum Gasteiger partial charge on any atom is -0.492 e. The quantitative estimate of drug-likeness (QED) is 0.698. The maximum atomic E-state index is 5.98. The van der Waals surface area contributed by atoms with Gasteiger partial charge in [0.2, 0.25) is 0 Å². The molecule has 0 aliphatic carbocycles. The number of hydrogen-bond acceptors (Lipinski definition) is 3. The van der Waals surface area contributed by atoms with E-state index in [1.54, 1.807) is 11.8 Å². The van der Waals surface area contributed by atoms with E-state index in [1.165, 1.54) is 4.90 Å². The molecule has 0 saturated heterocycles. The van der Waals surface area contributed by atoms with Crippen molar-refractivity contribution in [2.24, 2.45) is 5.73 Å². The zero-order valence-corrected chi connectivity index (χ0v) is 8.43. The third kappa shape index (κ3) is 1.54. The predicted molar refractivity (Wildman–Crippen MR) is 55.3 cm³/mol. The SMILES string of the molecule is CSc1cccc2c1OCC[C@@H]2N. The van der Waals surface area contributed by atoms with Gasteiger partial charge >= 0.3 is 0 Å². The lowest BCUT2D eigenvalue weighted by Gasteiger charge is -2.24. The van der Waals surface area contributed by atoms with Crippen LogP contribution in [-0.4, -0.2) is 12.9 Å². The lowest BCUT2D eigenvalue weighted by molar-refractivity contribution is 0.262. The molecular weight excluding hydrogens is 182 g/mol. The average Bonchev–Trinajstić information content (AvgIpc) is 2.18. The number of fused-ring (bicyclic) bond motifs is 1. The van der Waals surface area contributed by atoms with Gasteiger partial charge in [-0.2, -0.15) is 0 Å². The lowest BCUT2D eigenvalue weighted by atomic mass is 10.0. The molecular formula is C10H13NOS. The number of para-hydroxylation sites is 1. The molecule has 2 N–H and O–H groups in total. The van der Waals surface area contributed by atoms with E-state index in [1.807, 2.05) is 6.07 Å². The van der Waals surface area contributed by atoms with E-state index in [2.05, 4.69) is 18.4 Å². The van der Waals surface area contributed by atoms with E-state index in [9.17, 15) is 0 Å². The highest BCUT2D eigenvalue weighted by atomic mass is 32.2. The number of thioether (sulfide) groups is 1. The van der Waals surface area contributed by atoms with Crippen molar-refractivity contribution in [3.8, 4) is 5.75 Å². The van der Waals surface area contributed by atoms with Gasteiger partial charge in [-0.25, -0.2) is 0 Å². The van der Waals surface area contributed by atoms with E-state index >= 15 is 0 Å². The first-order valence-corrected chi connectivity index (χ1v) is 5.60. The maximum absolute atomic E-state index is 5.98. The van der Waals surface area contributed by atoms with Crippen LogP contribution in [0, 0.1) is 0 Å². The van der Waals surface area contributed by atoms with E-state index in [0.29, 0.717) is 0 Å². The van der Waals surface area contributed by atoms with Crippen LogP contribution in [0.3, 0.4) is 0 Å². The van der Waals surface area contributed by atoms with Gasteiger partial charge in [0.15, 0.2) is 0 Å². The third-order valence-corrected chi connectivity index (χ3v) is 3.07. The van der Waals surface area contributed by atoms with E-state index < -0.39 is 0 Å². The summed E-state index contributed by atoms with van der Waals surface area (Å²) in [6.07, 6.45) is 2.98. The molecule has 0 unspecified atom stereocenters. The summed E-state index contributed by atoms with van der Waals surface area (Å²) >= 11 is 1.70. The third-order valence-electron chi connectivity index (χ3n) is 2.30. The van der Waals surface area contributed by atoms with Crippen molar-refractivity contribution in [3.63, 3.8) is 0 Å². The summed E-state index contributed by atoms with van der Waals surface area (Å²) in [5.41, 5.74) is 7.13. The highest BCUT2D eigenvalue weighted by Gasteiger charge is 2.19. The number of nitrogens with two attached hydrogens (primary N) is 1. The molecule has 1 heterocycles. The summed E-state index contributed by atoms with van der Waals surface area (Å²) in [7, 11) is 0. The standard InChI is InChI=1S/C10H13NOS/c1-13-9-4-2-3-7-8(11)5-6-12-10(7)9/h2-4,8H,5-6,11H2,1H3/t8-/m0/s1. The van der Waals surface area contributed by atoms with Crippen molar-refractivity contribution in [2.75, 3.05) is 12.9 Å². The van der Waals surface area contributed by atoms with Gasteiger partial charge in [-0.15, -0.1) is 11.8 Å².